The molecule has 0 aliphatic carbocycles. The third-order valence-electron chi connectivity index (χ3n) is 3.64. The molecule has 2 rings (SSSR count). The molecule has 0 fully saturated rings. The van der Waals surface area contributed by atoms with Gasteiger partial charge in [0.25, 0.3) is 0 Å². The minimum atomic E-state index is -0.462. The summed E-state index contributed by atoms with van der Waals surface area (Å²) < 4.78 is 9.91. The van der Waals surface area contributed by atoms with Gasteiger partial charge in [-0.25, -0.2) is 4.79 Å². The molecule has 24 heavy (non-hydrogen) atoms. The minimum absolute atomic E-state index is 0.0240. The van der Waals surface area contributed by atoms with E-state index in [9.17, 15) is 9.59 Å². The Morgan fingerprint density at radius 2 is 1.58 bits per heavy atom. The normalized spacial score (nSPS) is 10.1. The van der Waals surface area contributed by atoms with Crippen LogP contribution in [0.15, 0.2) is 42.5 Å². The van der Waals surface area contributed by atoms with Crippen LogP contribution in [0.4, 0.5) is 11.4 Å². The van der Waals surface area contributed by atoms with Gasteiger partial charge in [0.1, 0.15) is 13.2 Å². The standard InChI is InChI=1S/C19H21NO4/c1-13-7-6-10-17(14(13)2)20-18-9-5-4-8-16(18)19(22)24-12-11-23-15(3)21/h4-10,20H,11-12H2,1-3H3. The second kappa shape index (κ2) is 8.15. The summed E-state index contributed by atoms with van der Waals surface area (Å²) in [5, 5.41) is 3.28. The zero-order chi connectivity index (χ0) is 17.5. The molecule has 0 heterocycles. The van der Waals surface area contributed by atoms with Crippen molar-refractivity contribution < 1.29 is 19.1 Å². The predicted molar refractivity (Wildman–Crippen MR) is 92.6 cm³/mol. The van der Waals surface area contributed by atoms with Gasteiger partial charge in [0, 0.05) is 12.6 Å². The molecule has 0 bridgehead atoms. The van der Waals surface area contributed by atoms with Gasteiger partial charge in [0.05, 0.1) is 11.3 Å². The van der Waals surface area contributed by atoms with E-state index < -0.39 is 11.9 Å². The number of carbonyl (C=O) groups excluding carboxylic acids is 2. The molecule has 0 spiro atoms. The van der Waals surface area contributed by atoms with Crippen LogP contribution in [0.2, 0.25) is 0 Å². The van der Waals surface area contributed by atoms with Crippen molar-refractivity contribution in [3.05, 3.63) is 59.2 Å². The van der Waals surface area contributed by atoms with Crippen LogP contribution in [-0.2, 0) is 14.3 Å². The molecule has 126 valence electrons. The van der Waals surface area contributed by atoms with Gasteiger partial charge >= 0.3 is 11.9 Å². The van der Waals surface area contributed by atoms with E-state index >= 15 is 0 Å². The Labute approximate surface area is 141 Å². The van der Waals surface area contributed by atoms with E-state index in [0.717, 1.165) is 11.3 Å². The van der Waals surface area contributed by atoms with Gasteiger partial charge in [0.2, 0.25) is 0 Å². The fraction of sp³-hybridized carbons (Fsp3) is 0.263. The van der Waals surface area contributed by atoms with Crippen LogP contribution in [0.1, 0.15) is 28.4 Å². The van der Waals surface area contributed by atoms with Gasteiger partial charge in [-0.15, -0.1) is 0 Å². The van der Waals surface area contributed by atoms with Crippen LogP contribution in [-0.4, -0.2) is 25.2 Å². The van der Waals surface area contributed by atoms with Crippen molar-refractivity contribution >= 4 is 23.3 Å². The van der Waals surface area contributed by atoms with Crippen molar-refractivity contribution in [3.8, 4) is 0 Å². The number of hydrogen-bond acceptors (Lipinski definition) is 5. The van der Waals surface area contributed by atoms with Crippen molar-refractivity contribution in [2.45, 2.75) is 20.8 Å². The van der Waals surface area contributed by atoms with Gasteiger partial charge in [-0.1, -0.05) is 24.3 Å². The average Bonchev–Trinajstić information content (AvgIpc) is 2.56. The van der Waals surface area contributed by atoms with Crippen LogP contribution in [0.25, 0.3) is 0 Å². The molecule has 0 amide bonds. The van der Waals surface area contributed by atoms with E-state index in [1.54, 1.807) is 12.1 Å². The summed E-state index contributed by atoms with van der Waals surface area (Å²) >= 11 is 0. The molecule has 0 aliphatic rings. The van der Waals surface area contributed by atoms with Crippen LogP contribution < -0.4 is 5.32 Å². The van der Waals surface area contributed by atoms with Crippen molar-refractivity contribution in [3.63, 3.8) is 0 Å². The lowest BCUT2D eigenvalue weighted by molar-refractivity contribution is -0.142. The van der Waals surface area contributed by atoms with E-state index in [1.165, 1.54) is 12.5 Å². The van der Waals surface area contributed by atoms with Crippen molar-refractivity contribution in [1.29, 1.82) is 0 Å². The molecule has 1 N–H and O–H groups in total. The van der Waals surface area contributed by atoms with Crippen molar-refractivity contribution in [1.82, 2.24) is 0 Å². The zero-order valence-electron chi connectivity index (χ0n) is 14.1. The molecule has 0 aliphatic heterocycles. The van der Waals surface area contributed by atoms with E-state index in [4.69, 9.17) is 9.47 Å². The maximum Gasteiger partial charge on any atom is 0.340 e. The maximum absolute atomic E-state index is 12.2. The lowest BCUT2D eigenvalue weighted by atomic mass is 10.1. The highest BCUT2D eigenvalue weighted by molar-refractivity contribution is 5.96. The van der Waals surface area contributed by atoms with Gasteiger partial charge in [-0.3, -0.25) is 4.79 Å². The van der Waals surface area contributed by atoms with Gasteiger partial charge in [0.15, 0.2) is 0 Å². The van der Waals surface area contributed by atoms with Gasteiger partial charge in [-0.2, -0.15) is 0 Å². The second-order valence-corrected chi connectivity index (χ2v) is 5.39. The minimum Gasteiger partial charge on any atom is -0.462 e. The van der Waals surface area contributed by atoms with Gasteiger partial charge < -0.3 is 14.8 Å². The topological polar surface area (TPSA) is 64.6 Å². The lowest BCUT2D eigenvalue weighted by Crippen LogP contribution is -2.13. The predicted octanol–water partition coefficient (Wildman–Crippen LogP) is 3.77. The first-order valence-electron chi connectivity index (χ1n) is 7.72. The summed E-state index contributed by atoms with van der Waals surface area (Å²) in [5.74, 6) is -0.862. The van der Waals surface area contributed by atoms with Gasteiger partial charge in [-0.05, 0) is 43.2 Å². The summed E-state index contributed by atoms with van der Waals surface area (Å²) in [4.78, 5) is 23.0. The molecule has 0 unspecified atom stereocenters. The summed E-state index contributed by atoms with van der Waals surface area (Å²) in [6.07, 6.45) is 0. The zero-order valence-corrected chi connectivity index (χ0v) is 14.1. The Hall–Kier alpha value is -2.82. The summed E-state index contributed by atoms with van der Waals surface area (Å²) in [5.41, 5.74) is 4.33. The second-order valence-electron chi connectivity index (χ2n) is 5.39. The highest BCUT2D eigenvalue weighted by Crippen LogP contribution is 2.25. The number of esters is 2. The molecule has 5 heteroatoms. The smallest absolute Gasteiger partial charge is 0.340 e. The number of carbonyl (C=O) groups is 2. The molecule has 2 aromatic rings. The molecule has 0 saturated heterocycles. The maximum atomic E-state index is 12.2. The van der Waals surface area contributed by atoms with Crippen LogP contribution >= 0.6 is 0 Å². The molecular formula is C19H21NO4. The number of hydrogen-bond donors (Lipinski definition) is 1. The molecule has 0 atom stereocenters. The fourth-order valence-electron chi connectivity index (χ4n) is 2.20. The molecule has 0 saturated carbocycles. The van der Waals surface area contributed by atoms with E-state index in [2.05, 4.69) is 5.32 Å². The monoisotopic (exact) mass is 327 g/mol. The first-order valence-corrected chi connectivity index (χ1v) is 7.72. The molecule has 2 aromatic carbocycles. The first kappa shape index (κ1) is 17.5. The van der Waals surface area contributed by atoms with E-state index in [-0.39, 0.29) is 13.2 Å². The largest absolute Gasteiger partial charge is 0.462 e. The number of para-hydroxylation sites is 1. The number of aryl methyl sites for hydroxylation is 1. The summed E-state index contributed by atoms with van der Waals surface area (Å²) in [6, 6.07) is 13.1. The Bertz CT molecular complexity index is 740. The van der Waals surface area contributed by atoms with Crippen molar-refractivity contribution in [2.75, 3.05) is 18.5 Å². The van der Waals surface area contributed by atoms with E-state index in [0.29, 0.717) is 11.3 Å². The highest BCUT2D eigenvalue weighted by Gasteiger charge is 2.13. The number of ether oxygens (including phenoxy) is 2. The summed E-state index contributed by atoms with van der Waals surface area (Å²) in [7, 11) is 0. The number of nitrogens with one attached hydrogen (secondary N) is 1. The number of benzene rings is 2. The Kier molecular flexibility index (Phi) is 5.95. The SMILES string of the molecule is CC(=O)OCCOC(=O)c1ccccc1Nc1cccc(C)c1C. The van der Waals surface area contributed by atoms with Crippen LogP contribution in [0.3, 0.4) is 0 Å². The molecule has 0 aromatic heterocycles. The molecule has 5 nitrogen and oxygen atoms in total. The third-order valence-corrected chi connectivity index (χ3v) is 3.64. The van der Waals surface area contributed by atoms with E-state index in [1.807, 2.05) is 44.2 Å². The molecular weight excluding hydrogens is 306 g/mol. The third kappa shape index (κ3) is 4.59. The molecule has 0 radical (unpaired) electrons. The number of rotatable bonds is 6. The Morgan fingerprint density at radius 3 is 2.33 bits per heavy atom. The quantitative estimate of drug-likeness (QED) is 0.646. The Morgan fingerprint density at radius 1 is 0.917 bits per heavy atom. The van der Waals surface area contributed by atoms with Crippen molar-refractivity contribution in [2.24, 2.45) is 0 Å². The first-order chi connectivity index (χ1) is 11.5. The van der Waals surface area contributed by atoms with Crippen LogP contribution in [0, 0.1) is 13.8 Å². The lowest BCUT2D eigenvalue weighted by Gasteiger charge is -2.14. The highest BCUT2D eigenvalue weighted by atomic mass is 16.6. The summed E-state index contributed by atoms with van der Waals surface area (Å²) in [6.45, 7) is 5.45. The van der Waals surface area contributed by atoms with Crippen LogP contribution in [0.5, 0.6) is 0 Å². The fourth-order valence-corrected chi connectivity index (χ4v) is 2.20. The average molecular weight is 327 g/mol. The Balaban J connectivity index is 2.11. The number of anilines is 2.